The molecule has 0 aromatic rings. The van der Waals surface area contributed by atoms with E-state index in [9.17, 15) is 4.79 Å². The van der Waals surface area contributed by atoms with Gasteiger partial charge >= 0.3 is 0 Å². The minimum Gasteiger partial charge on any atom is -0.273 e. The smallest absolute Gasteiger partial charge is 0.244 e. The standard InChI is InChI=1S/C15H25ClN2O/c1-11(12-7-3-2-4-8-12)17-18-15(19)13-9-5-6-10-14(13)16/h12-14H,2-10H2,1H3,(H,18,19)/b17-11+. The molecule has 0 aromatic heterocycles. The molecule has 4 heteroatoms. The van der Waals surface area contributed by atoms with Crippen molar-refractivity contribution in [2.24, 2.45) is 16.9 Å². The fourth-order valence-corrected chi connectivity index (χ4v) is 3.61. The van der Waals surface area contributed by atoms with Gasteiger partial charge in [0.25, 0.3) is 0 Å². The van der Waals surface area contributed by atoms with Crippen LogP contribution in [-0.4, -0.2) is 17.0 Å². The average molecular weight is 285 g/mol. The van der Waals surface area contributed by atoms with E-state index >= 15 is 0 Å². The van der Waals surface area contributed by atoms with Crippen molar-refractivity contribution >= 4 is 23.2 Å². The molecule has 2 fully saturated rings. The molecule has 3 nitrogen and oxygen atoms in total. The largest absolute Gasteiger partial charge is 0.273 e. The second-order valence-corrected chi connectivity index (χ2v) is 6.53. The maximum Gasteiger partial charge on any atom is 0.244 e. The zero-order valence-corrected chi connectivity index (χ0v) is 12.6. The predicted molar refractivity (Wildman–Crippen MR) is 79.4 cm³/mol. The van der Waals surface area contributed by atoms with Crippen LogP contribution in [-0.2, 0) is 4.79 Å². The first-order chi connectivity index (χ1) is 9.18. The molecule has 2 unspecified atom stereocenters. The first kappa shape index (κ1) is 14.8. The van der Waals surface area contributed by atoms with E-state index in [1.54, 1.807) is 0 Å². The molecule has 2 aliphatic carbocycles. The Labute approximate surface area is 121 Å². The van der Waals surface area contributed by atoms with Gasteiger partial charge in [0.05, 0.1) is 5.92 Å². The molecule has 108 valence electrons. The third kappa shape index (κ3) is 4.20. The summed E-state index contributed by atoms with van der Waals surface area (Å²) in [6, 6.07) is 0. The highest BCUT2D eigenvalue weighted by Crippen LogP contribution is 2.29. The summed E-state index contributed by atoms with van der Waals surface area (Å²) in [4.78, 5) is 12.1. The first-order valence-corrected chi connectivity index (χ1v) is 8.10. The summed E-state index contributed by atoms with van der Waals surface area (Å²) in [6.07, 6.45) is 10.4. The van der Waals surface area contributed by atoms with Gasteiger partial charge in [-0.05, 0) is 38.5 Å². The molecule has 2 aliphatic rings. The summed E-state index contributed by atoms with van der Waals surface area (Å²) >= 11 is 6.23. The summed E-state index contributed by atoms with van der Waals surface area (Å²) in [6.45, 7) is 2.04. The number of nitrogens with one attached hydrogen (secondary N) is 1. The summed E-state index contributed by atoms with van der Waals surface area (Å²) < 4.78 is 0. The fraction of sp³-hybridized carbons (Fsp3) is 0.867. The number of hydrogen-bond acceptors (Lipinski definition) is 2. The van der Waals surface area contributed by atoms with Gasteiger partial charge in [-0.2, -0.15) is 5.10 Å². The van der Waals surface area contributed by atoms with Crippen LogP contribution >= 0.6 is 11.6 Å². The van der Waals surface area contributed by atoms with Crippen LogP contribution in [0.1, 0.15) is 64.7 Å². The summed E-state index contributed by atoms with van der Waals surface area (Å²) in [7, 11) is 0. The Hall–Kier alpha value is -0.570. The van der Waals surface area contributed by atoms with Gasteiger partial charge in [-0.15, -0.1) is 11.6 Å². The molecule has 2 atom stereocenters. The number of carbonyl (C=O) groups excluding carboxylic acids is 1. The highest BCUT2D eigenvalue weighted by molar-refractivity contribution is 6.22. The van der Waals surface area contributed by atoms with Gasteiger partial charge in [0.2, 0.25) is 5.91 Å². The van der Waals surface area contributed by atoms with Crippen LogP contribution < -0.4 is 5.43 Å². The van der Waals surface area contributed by atoms with E-state index < -0.39 is 0 Å². The Balaban J connectivity index is 1.84. The van der Waals surface area contributed by atoms with Crippen molar-refractivity contribution in [1.29, 1.82) is 0 Å². The van der Waals surface area contributed by atoms with Crippen LogP contribution in [0.4, 0.5) is 0 Å². The van der Waals surface area contributed by atoms with E-state index in [1.165, 1.54) is 32.1 Å². The van der Waals surface area contributed by atoms with E-state index in [0.29, 0.717) is 5.92 Å². The number of alkyl halides is 1. The van der Waals surface area contributed by atoms with Crippen LogP contribution in [0.5, 0.6) is 0 Å². The van der Waals surface area contributed by atoms with Crippen molar-refractivity contribution in [3.63, 3.8) is 0 Å². The van der Waals surface area contributed by atoms with Gasteiger partial charge in [0.1, 0.15) is 0 Å². The number of hydrazone groups is 1. The number of nitrogens with zero attached hydrogens (tertiary/aromatic N) is 1. The number of rotatable bonds is 3. The molecule has 0 spiro atoms. The van der Waals surface area contributed by atoms with E-state index in [0.717, 1.165) is 31.4 Å². The number of amides is 1. The predicted octanol–water partition coefficient (Wildman–Crippen LogP) is 3.86. The van der Waals surface area contributed by atoms with Gasteiger partial charge in [-0.1, -0.05) is 32.1 Å². The van der Waals surface area contributed by atoms with Crippen molar-refractivity contribution in [2.75, 3.05) is 0 Å². The topological polar surface area (TPSA) is 41.5 Å². The van der Waals surface area contributed by atoms with Crippen molar-refractivity contribution in [3.8, 4) is 0 Å². The van der Waals surface area contributed by atoms with Gasteiger partial charge in [-0.3, -0.25) is 4.79 Å². The lowest BCUT2D eigenvalue weighted by Crippen LogP contribution is -2.35. The lowest BCUT2D eigenvalue weighted by Gasteiger charge is -2.25. The van der Waals surface area contributed by atoms with Crippen LogP contribution in [0.2, 0.25) is 0 Å². The number of halogens is 1. The Morgan fingerprint density at radius 1 is 1.05 bits per heavy atom. The molecule has 0 aromatic carbocycles. The highest BCUT2D eigenvalue weighted by Gasteiger charge is 2.29. The molecule has 2 saturated carbocycles. The zero-order chi connectivity index (χ0) is 13.7. The number of hydrogen-bond donors (Lipinski definition) is 1. The lowest BCUT2D eigenvalue weighted by molar-refractivity contribution is -0.125. The normalized spacial score (nSPS) is 30.1. The Bertz CT molecular complexity index is 337. The molecule has 0 radical (unpaired) electrons. The molecular formula is C15H25ClN2O. The molecule has 0 saturated heterocycles. The summed E-state index contributed by atoms with van der Waals surface area (Å²) in [5.74, 6) is 0.514. The maximum atomic E-state index is 12.1. The number of carbonyl (C=O) groups is 1. The second kappa shape index (κ2) is 7.28. The van der Waals surface area contributed by atoms with Crippen molar-refractivity contribution in [3.05, 3.63) is 0 Å². The summed E-state index contributed by atoms with van der Waals surface area (Å²) in [5, 5.41) is 4.30. The fourth-order valence-electron chi connectivity index (χ4n) is 3.22. The minimum atomic E-state index is -0.0571. The van der Waals surface area contributed by atoms with Gasteiger partial charge in [0.15, 0.2) is 0 Å². The average Bonchev–Trinajstić information content (AvgIpc) is 2.46. The van der Waals surface area contributed by atoms with Crippen LogP contribution in [0.15, 0.2) is 5.10 Å². The minimum absolute atomic E-state index is 0.00913. The third-order valence-corrected chi connectivity index (χ3v) is 5.08. The Morgan fingerprint density at radius 2 is 1.68 bits per heavy atom. The molecule has 0 aliphatic heterocycles. The van der Waals surface area contributed by atoms with Gasteiger partial charge < -0.3 is 0 Å². The van der Waals surface area contributed by atoms with E-state index in [4.69, 9.17) is 11.6 Å². The van der Waals surface area contributed by atoms with Crippen LogP contribution in [0.3, 0.4) is 0 Å². The molecule has 0 heterocycles. The Morgan fingerprint density at radius 3 is 2.37 bits per heavy atom. The van der Waals surface area contributed by atoms with E-state index in [-0.39, 0.29) is 17.2 Å². The zero-order valence-electron chi connectivity index (χ0n) is 11.8. The van der Waals surface area contributed by atoms with Crippen molar-refractivity contribution in [1.82, 2.24) is 5.43 Å². The molecule has 0 bridgehead atoms. The second-order valence-electron chi connectivity index (χ2n) is 5.97. The van der Waals surface area contributed by atoms with Crippen LogP contribution in [0.25, 0.3) is 0 Å². The monoisotopic (exact) mass is 284 g/mol. The first-order valence-electron chi connectivity index (χ1n) is 7.66. The van der Waals surface area contributed by atoms with Gasteiger partial charge in [0, 0.05) is 11.1 Å². The quantitative estimate of drug-likeness (QED) is 0.477. The molecule has 1 N–H and O–H groups in total. The van der Waals surface area contributed by atoms with Crippen molar-refractivity contribution in [2.45, 2.75) is 70.1 Å². The van der Waals surface area contributed by atoms with Crippen LogP contribution in [0, 0.1) is 11.8 Å². The molecular weight excluding hydrogens is 260 g/mol. The van der Waals surface area contributed by atoms with Crippen molar-refractivity contribution < 1.29 is 4.79 Å². The maximum absolute atomic E-state index is 12.1. The van der Waals surface area contributed by atoms with Gasteiger partial charge in [-0.25, -0.2) is 5.43 Å². The lowest BCUT2D eigenvalue weighted by atomic mass is 9.86. The highest BCUT2D eigenvalue weighted by atomic mass is 35.5. The van der Waals surface area contributed by atoms with E-state index in [1.807, 2.05) is 6.92 Å². The molecule has 2 rings (SSSR count). The molecule has 19 heavy (non-hydrogen) atoms. The SMILES string of the molecule is C/C(=N\NC(=O)C1CCCCC1Cl)C1CCCCC1. The summed E-state index contributed by atoms with van der Waals surface area (Å²) in [5.41, 5.74) is 3.82. The third-order valence-electron chi connectivity index (χ3n) is 4.56. The van der Waals surface area contributed by atoms with E-state index in [2.05, 4.69) is 10.5 Å². The Kier molecular flexibility index (Phi) is 5.68. The molecule has 1 amide bonds.